The highest BCUT2D eigenvalue weighted by Crippen LogP contribution is 2.09. The number of benzene rings is 3. The quantitative estimate of drug-likeness (QED) is 0.580. The van der Waals surface area contributed by atoms with E-state index in [9.17, 15) is 4.79 Å². The molecule has 1 heterocycles. The Morgan fingerprint density at radius 2 is 1.38 bits per heavy atom. The summed E-state index contributed by atoms with van der Waals surface area (Å²) in [6.45, 7) is 0. The summed E-state index contributed by atoms with van der Waals surface area (Å²) in [7, 11) is 0. The second-order valence-electron chi connectivity index (χ2n) is 5.61. The van der Waals surface area contributed by atoms with Crippen LogP contribution in [-0.2, 0) is 0 Å². The lowest BCUT2D eigenvalue weighted by Crippen LogP contribution is -2.37. The summed E-state index contributed by atoms with van der Waals surface area (Å²) < 4.78 is 1.60. The van der Waals surface area contributed by atoms with Gasteiger partial charge in [0.1, 0.15) is 11.4 Å². The summed E-state index contributed by atoms with van der Waals surface area (Å²) in [6, 6.07) is 28.1. The van der Waals surface area contributed by atoms with Crippen LogP contribution >= 0.6 is 0 Å². The van der Waals surface area contributed by atoms with E-state index in [-0.39, 0.29) is 5.91 Å². The molecule has 1 N–H and O–H groups in total. The second kappa shape index (κ2) is 6.98. The predicted octanol–water partition coefficient (Wildman–Crippen LogP) is 2.80. The Balaban J connectivity index is 1.75. The van der Waals surface area contributed by atoms with E-state index < -0.39 is 0 Å². The highest BCUT2D eigenvalue weighted by molar-refractivity contribution is 6.02. The summed E-state index contributed by atoms with van der Waals surface area (Å²) in [5.41, 5.74) is 2.16. The van der Waals surface area contributed by atoms with Crippen LogP contribution in [0.25, 0.3) is 11.4 Å². The van der Waals surface area contributed by atoms with Crippen LogP contribution < -0.4 is 10.00 Å². The zero-order valence-corrected chi connectivity index (χ0v) is 13.9. The maximum atomic E-state index is 12.5. The molecule has 6 nitrogen and oxygen atoms in total. The molecule has 0 unspecified atom stereocenters. The van der Waals surface area contributed by atoms with Crippen LogP contribution in [0.5, 0.6) is 0 Å². The molecular weight excluding hydrogens is 326 g/mol. The van der Waals surface area contributed by atoms with Crippen molar-refractivity contribution in [3.63, 3.8) is 0 Å². The van der Waals surface area contributed by atoms with Crippen LogP contribution in [0.4, 0.5) is 5.95 Å². The van der Waals surface area contributed by atoms with Crippen LogP contribution in [0, 0.1) is 0 Å². The van der Waals surface area contributed by atoms with E-state index in [1.165, 1.54) is 4.80 Å². The molecule has 0 aliphatic carbocycles. The number of para-hydroxylation sites is 2. The van der Waals surface area contributed by atoms with Crippen LogP contribution in [0.3, 0.4) is 0 Å². The lowest BCUT2D eigenvalue weighted by Gasteiger charge is -1.99. The van der Waals surface area contributed by atoms with Crippen molar-refractivity contribution >= 4 is 11.9 Å². The minimum atomic E-state index is -0.240. The zero-order chi connectivity index (χ0) is 17.8. The molecular formula is C20H16N5O+. The number of nitrogens with zero attached hydrogens (tertiary/aromatic N) is 4. The SMILES string of the molecule is O=C(Nc1nn(-c2ccccc2)n[n+]1-c1ccccc1)c1ccccc1. The van der Waals surface area contributed by atoms with Gasteiger partial charge in [0.25, 0.3) is 5.91 Å². The molecule has 1 amide bonds. The lowest BCUT2D eigenvalue weighted by atomic mass is 10.2. The molecule has 0 spiro atoms. The van der Waals surface area contributed by atoms with Gasteiger partial charge >= 0.3 is 5.95 Å². The third-order valence-electron chi connectivity index (χ3n) is 3.81. The number of anilines is 1. The Bertz CT molecular complexity index is 1010. The Kier molecular flexibility index (Phi) is 4.22. The average Bonchev–Trinajstić information content (AvgIpc) is 3.14. The van der Waals surface area contributed by atoms with Gasteiger partial charge in [-0.1, -0.05) is 59.3 Å². The minimum Gasteiger partial charge on any atom is -0.255 e. The Morgan fingerprint density at radius 1 is 0.808 bits per heavy atom. The Labute approximate surface area is 150 Å². The molecule has 0 aliphatic heterocycles. The van der Waals surface area contributed by atoms with E-state index in [4.69, 9.17) is 0 Å². The summed E-state index contributed by atoms with van der Waals surface area (Å²) in [5, 5.41) is 11.8. The van der Waals surface area contributed by atoms with E-state index in [0.29, 0.717) is 11.5 Å². The van der Waals surface area contributed by atoms with Gasteiger partial charge in [-0.05, 0) is 41.2 Å². The molecule has 0 saturated heterocycles. The average molecular weight is 342 g/mol. The molecule has 0 radical (unpaired) electrons. The fourth-order valence-electron chi connectivity index (χ4n) is 2.53. The van der Waals surface area contributed by atoms with Crippen LogP contribution in [0.1, 0.15) is 10.4 Å². The van der Waals surface area contributed by atoms with Gasteiger partial charge in [0.05, 0.1) is 10.7 Å². The topological polar surface area (TPSA) is 63.7 Å². The standard InChI is InChI=1S/C20H15N5O/c26-19(16-10-4-1-5-11-16)21-20-22-25(18-14-8-3-9-15-18)23-24(20)17-12-6-2-7-13-17/h1-15H/p+1. The fraction of sp³-hybridized carbons (Fsp3) is 0. The third-order valence-corrected chi connectivity index (χ3v) is 3.81. The highest BCUT2D eigenvalue weighted by Gasteiger charge is 2.23. The molecule has 4 aromatic rings. The van der Waals surface area contributed by atoms with Crippen molar-refractivity contribution in [1.82, 2.24) is 15.1 Å². The molecule has 126 valence electrons. The first kappa shape index (κ1) is 15.7. The van der Waals surface area contributed by atoms with Crippen molar-refractivity contribution in [1.29, 1.82) is 0 Å². The molecule has 0 aliphatic rings. The van der Waals surface area contributed by atoms with E-state index in [2.05, 4.69) is 15.6 Å². The van der Waals surface area contributed by atoms with E-state index >= 15 is 0 Å². The number of hydrogen-bond acceptors (Lipinski definition) is 3. The Morgan fingerprint density at radius 3 is 2.04 bits per heavy atom. The molecule has 0 fully saturated rings. The normalized spacial score (nSPS) is 10.5. The van der Waals surface area contributed by atoms with E-state index in [0.717, 1.165) is 11.4 Å². The smallest absolute Gasteiger partial charge is 0.255 e. The third kappa shape index (κ3) is 3.21. The molecule has 3 aromatic carbocycles. The monoisotopic (exact) mass is 342 g/mol. The Hall–Kier alpha value is -3.80. The molecule has 0 atom stereocenters. The first-order valence-electron chi connectivity index (χ1n) is 8.18. The summed E-state index contributed by atoms with van der Waals surface area (Å²) in [5.74, 6) is 0.101. The van der Waals surface area contributed by atoms with Gasteiger partial charge in [0, 0.05) is 5.21 Å². The number of rotatable bonds is 4. The van der Waals surface area contributed by atoms with Crippen molar-refractivity contribution < 1.29 is 9.48 Å². The largest absolute Gasteiger partial charge is 0.411 e. The van der Waals surface area contributed by atoms with Gasteiger partial charge in [-0.25, -0.2) is 5.32 Å². The first-order valence-corrected chi connectivity index (χ1v) is 8.18. The number of aromatic nitrogens is 4. The predicted molar refractivity (Wildman–Crippen MR) is 97.3 cm³/mol. The second-order valence-corrected chi connectivity index (χ2v) is 5.61. The molecule has 26 heavy (non-hydrogen) atoms. The van der Waals surface area contributed by atoms with Gasteiger partial charge in [-0.15, -0.1) is 0 Å². The summed E-state index contributed by atoms with van der Waals surface area (Å²) in [4.78, 5) is 14.0. The number of carbonyl (C=O) groups is 1. The first-order chi connectivity index (χ1) is 12.8. The van der Waals surface area contributed by atoms with Gasteiger partial charge in [0.15, 0.2) is 0 Å². The van der Waals surface area contributed by atoms with Crippen molar-refractivity contribution in [2.75, 3.05) is 5.32 Å². The maximum Gasteiger partial charge on any atom is 0.411 e. The number of carbonyl (C=O) groups excluding carboxylic acids is 1. The number of nitrogens with one attached hydrogen (secondary N) is 1. The van der Waals surface area contributed by atoms with Crippen LogP contribution in [0.2, 0.25) is 0 Å². The van der Waals surface area contributed by atoms with Gasteiger partial charge in [0.2, 0.25) is 0 Å². The van der Waals surface area contributed by atoms with Crippen LogP contribution in [-0.4, -0.2) is 21.0 Å². The van der Waals surface area contributed by atoms with Gasteiger partial charge in [-0.2, -0.15) is 0 Å². The molecule has 6 heteroatoms. The minimum absolute atomic E-state index is 0.240. The molecule has 4 rings (SSSR count). The molecule has 0 saturated carbocycles. The summed E-state index contributed by atoms with van der Waals surface area (Å²) in [6.07, 6.45) is 0. The molecule has 0 bridgehead atoms. The fourth-order valence-corrected chi connectivity index (χ4v) is 2.53. The van der Waals surface area contributed by atoms with Gasteiger partial charge in [-0.3, -0.25) is 4.79 Å². The molecule has 1 aromatic heterocycles. The highest BCUT2D eigenvalue weighted by atomic mass is 16.1. The van der Waals surface area contributed by atoms with E-state index in [1.807, 2.05) is 78.9 Å². The van der Waals surface area contributed by atoms with Crippen molar-refractivity contribution in [3.8, 4) is 11.4 Å². The lowest BCUT2D eigenvalue weighted by molar-refractivity contribution is -0.647. The van der Waals surface area contributed by atoms with Crippen molar-refractivity contribution in [3.05, 3.63) is 96.6 Å². The number of hydrogen-bond donors (Lipinski definition) is 1. The summed E-state index contributed by atoms with van der Waals surface area (Å²) >= 11 is 0. The number of amides is 1. The maximum absolute atomic E-state index is 12.5. The van der Waals surface area contributed by atoms with Crippen LogP contribution in [0.15, 0.2) is 91.0 Å². The van der Waals surface area contributed by atoms with Crippen molar-refractivity contribution in [2.24, 2.45) is 0 Å². The zero-order valence-electron chi connectivity index (χ0n) is 13.9. The number of tetrazole rings is 1. The van der Waals surface area contributed by atoms with Gasteiger partial charge < -0.3 is 0 Å². The van der Waals surface area contributed by atoms with E-state index in [1.54, 1.807) is 16.8 Å². The van der Waals surface area contributed by atoms with Crippen molar-refractivity contribution in [2.45, 2.75) is 0 Å².